The van der Waals surface area contributed by atoms with Crippen molar-refractivity contribution in [1.29, 1.82) is 0 Å². The average Bonchev–Trinajstić information content (AvgIpc) is 3.40. The highest BCUT2D eigenvalue weighted by Crippen LogP contribution is 2.44. The van der Waals surface area contributed by atoms with Gasteiger partial charge in [0.2, 0.25) is 5.91 Å². The van der Waals surface area contributed by atoms with Gasteiger partial charge in [-0.3, -0.25) is 4.79 Å². The van der Waals surface area contributed by atoms with Crippen LogP contribution in [0.4, 0.5) is 10.5 Å². The van der Waals surface area contributed by atoms with E-state index >= 15 is 0 Å². The van der Waals surface area contributed by atoms with Crippen molar-refractivity contribution in [3.63, 3.8) is 0 Å². The first-order valence-electron chi connectivity index (χ1n) is 16.1. The molecule has 0 saturated heterocycles. The Bertz CT molecular complexity index is 1310. The second-order valence-electron chi connectivity index (χ2n) is 10.7. The number of alkyl carbamates (subject to hydrolysis) is 1. The summed E-state index contributed by atoms with van der Waals surface area (Å²) in [5.74, 6) is 0.653. The van der Waals surface area contributed by atoms with Gasteiger partial charge >= 0.3 is 6.09 Å². The highest BCUT2D eigenvalue weighted by Gasteiger charge is 2.28. The molecular weight excluding hydrogens is 604 g/mol. The highest BCUT2D eigenvalue weighted by atomic mass is 16.6. The van der Waals surface area contributed by atoms with E-state index in [0.29, 0.717) is 98.0 Å². The lowest BCUT2D eigenvalue weighted by Gasteiger charge is -2.14. The smallest absolute Gasteiger partial charge is 0.407 e. The van der Waals surface area contributed by atoms with Gasteiger partial charge in [0.15, 0.2) is 0 Å². The summed E-state index contributed by atoms with van der Waals surface area (Å²) in [5.41, 5.74) is 5.53. The lowest BCUT2D eigenvalue weighted by atomic mass is 9.98. The van der Waals surface area contributed by atoms with Crippen molar-refractivity contribution in [2.24, 2.45) is 0 Å². The van der Waals surface area contributed by atoms with E-state index in [-0.39, 0.29) is 11.8 Å². The Labute approximate surface area is 276 Å². The quantitative estimate of drug-likeness (QED) is 0.136. The Morgan fingerprint density at radius 2 is 1.11 bits per heavy atom. The Balaban J connectivity index is 0.869. The molecule has 0 radical (unpaired) electrons. The zero-order chi connectivity index (χ0) is 32.9. The van der Waals surface area contributed by atoms with Crippen LogP contribution in [0.3, 0.4) is 0 Å². The number of benzene rings is 3. The summed E-state index contributed by atoms with van der Waals surface area (Å²) in [6.07, 6.45) is 0.267. The molecular formula is C36H46N2O9. The fourth-order valence-electron chi connectivity index (χ4n) is 5.05. The number of fused-ring (bicyclic) bond motifs is 3. The summed E-state index contributed by atoms with van der Waals surface area (Å²) in [7, 11) is 0. The molecule has 0 heterocycles. The van der Waals surface area contributed by atoms with Crippen molar-refractivity contribution in [1.82, 2.24) is 5.32 Å². The zero-order valence-corrected chi connectivity index (χ0v) is 27.1. The maximum absolute atomic E-state index is 12.2. The highest BCUT2D eigenvalue weighted by molar-refractivity contribution is 5.88. The number of hydrogen-bond acceptors (Lipinski definition) is 9. The molecule has 2 N–H and O–H groups in total. The van der Waals surface area contributed by atoms with Crippen LogP contribution in [0.15, 0.2) is 72.8 Å². The van der Waals surface area contributed by atoms with Crippen LogP contribution >= 0.6 is 0 Å². The molecule has 254 valence electrons. The van der Waals surface area contributed by atoms with Crippen LogP contribution in [0, 0.1) is 0 Å². The number of ether oxygens (including phenoxy) is 7. The molecule has 2 amide bonds. The Hall–Kier alpha value is -4.00. The van der Waals surface area contributed by atoms with Gasteiger partial charge in [0, 0.05) is 31.7 Å². The standard InChI is InChI=1S/C36H46N2O9/c1-28(39)38-29-11-13-30(14-12-29)46-26-25-45-24-23-44-22-21-43-20-19-42-18-17-41-16-6-15-37-36(40)47-27-35-33-9-4-2-7-31(33)32-8-3-5-10-34(32)35/h2-5,7-14,35H,6,15-27H2,1H3,(H,37,40)(H,38,39). The van der Waals surface area contributed by atoms with Gasteiger partial charge < -0.3 is 43.8 Å². The number of carbonyl (C=O) groups is 2. The van der Waals surface area contributed by atoms with Crippen molar-refractivity contribution in [2.45, 2.75) is 19.3 Å². The van der Waals surface area contributed by atoms with E-state index in [1.54, 1.807) is 24.3 Å². The molecule has 47 heavy (non-hydrogen) atoms. The van der Waals surface area contributed by atoms with Crippen LogP contribution in [0.2, 0.25) is 0 Å². The normalized spacial score (nSPS) is 11.9. The van der Waals surface area contributed by atoms with Gasteiger partial charge in [0.25, 0.3) is 0 Å². The Morgan fingerprint density at radius 3 is 1.64 bits per heavy atom. The topological polar surface area (TPSA) is 123 Å². The van der Waals surface area contributed by atoms with Gasteiger partial charge in [-0.05, 0) is 52.9 Å². The summed E-state index contributed by atoms with van der Waals surface area (Å²) in [6, 6.07) is 23.7. The predicted molar refractivity (Wildman–Crippen MR) is 178 cm³/mol. The third kappa shape index (κ3) is 13.0. The molecule has 3 aromatic carbocycles. The first-order valence-corrected chi connectivity index (χ1v) is 16.1. The minimum absolute atomic E-state index is 0.0497. The summed E-state index contributed by atoms with van der Waals surface area (Å²) in [6.45, 7) is 7.46. The maximum Gasteiger partial charge on any atom is 0.407 e. The van der Waals surface area contributed by atoms with E-state index in [1.807, 2.05) is 24.3 Å². The number of rotatable bonds is 23. The van der Waals surface area contributed by atoms with E-state index < -0.39 is 6.09 Å². The second-order valence-corrected chi connectivity index (χ2v) is 10.7. The van der Waals surface area contributed by atoms with Crippen LogP contribution in [-0.2, 0) is 33.2 Å². The molecule has 11 nitrogen and oxygen atoms in total. The largest absolute Gasteiger partial charge is 0.491 e. The average molecular weight is 651 g/mol. The third-order valence-corrected chi connectivity index (χ3v) is 7.24. The van der Waals surface area contributed by atoms with E-state index in [2.05, 4.69) is 34.9 Å². The van der Waals surface area contributed by atoms with Crippen molar-refractivity contribution < 1.29 is 42.7 Å². The van der Waals surface area contributed by atoms with Crippen LogP contribution in [0.25, 0.3) is 11.1 Å². The lowest BCUT2D eigenvalue weighted by molar-refractivity contribution is -0.114. The molecule has 1 aliphatic rings. The molecule has 11 heteroatoms. The van der Waals surface area contributed by atoms with E-state index in [1.165, 1.54) is 29.2 Å². The minimum atomic E-state index is -0.417. The Morgan fingerprint density at radius 1 is 0.617 bits per heavy atom. The first kappa shape index (κ1) is 35.8. The van der Waals surface area contributed by atoms with E-state index in [4.69, 9.17) is 33.2 Å². The lowest BCUT2D eigenvalue weighted by Crippen LogP contribution is -2.27. The van der Waals surface area contributed by atoms with E-state index in [9.17, 15) is 9.59 Å². The number of amides is 2. The molecule has 0 fully saturated rings. The molecule has 4 rings (SSSR count). The number of anilines is 1. The first-order chi connectivity index (χ1) is 23.1. The van der Waals surface area contributed by atoms with Crippen LogP contribution in [0.1, 0.15) is 30.4 Å². The minimum Gasteiger partial charge on any atom is -0.491 e. The van der Waals surface area contributed by atoms with Gasteiger partial charge in [-0.1, -0.05) is 48.5 Å². The Kier molecular flexibility index (Phi) is 16.0. The van der Waals surface area contributed by atoms with Gasteiger partial charge in [-0.25, -0.2) is 4.79 Å². The second kappa shape index (κ2) is 21.0. The summed E-state index contributed by atoms with van der Waals surface area (Å²) in [5, 5.41) is 5.51. The van der Waals surface area contributed by atoms with Crippen LogP contribution in [0.5, 0.6) is 5.75 Å². The third-order valence-electron chi connectivity index (χ3n) is 7.24. The fourth-order valence-corrected chi connectivity index (χ4v) is 5.05. The number of nitrogens with one attached hydrogen (secondary N) is 2. The van der Waals surface area contributed by atoms with Crippen LogP contribution in [-0.4, -0.2) is 97.8 Å². The van der Waals surface area contributed by atoms with Crippen LogP contribution < -0.4 is 15.4 Å². The SMILES string of the molecule is CC(=O)Nc1ccc(OCCOCCOCCOCCOCCOCCCNC(=O)OCC2c3ccccc3-c3ccccc32)cc1. The molecule has 0 aromatic heterocycles. The van der Waals surface area contributed by atoms with Crippen molar-refractivity contribution in [2.75, 3.05) is 91.1 Å². The molecule has 0 aliphatic heterocycles. The number of hydrogen-bond donors (Lipinski definition) is 2. The monoisotopic (exact) mass is 650 g/mol. The van der Waals surface area contributed by atoms with Gasteiger partial charge in [-0.2, -0.15) is 0 Å². The molecule has 0 spiro atoms. The zero-order valence-electron chi connectivity index (χ0n) is 27.1. The maximum atomic E-state index is 12.2. The fraction of sp³-hybridized carbons (Fsp3) is 0.444. The molecule has 0 bridgehead atoms. The van der Waals surface area contributed by atoms with Crippen molar-refractivity contribution in [3.8, 4) is 16.9 Å². The molecule has 3 aromatic rings. The summed E-state index contributed by atoms with van der Waals surface area (Å²) in [4.78, 5) is 23.3. The summed E-state index contributed by atoms with van der Waals surface area (Å²) >= 11 is 0. The van der Waals surface area contributed by atoms with Gasteiger partial charge in [0.05, 0.1) is 59.5 Å². The van der Waals surface area contributed by atoms with Gasteiger partial charge in [0.1, 0.15) is 19.0 Å². The molecule has 0 unspecified atom stereocenters. The summed E-state index contributed by atoms with van der Waals surface area (Å²) < 4.78 is 38.7. The molecule has 0 atom stereocenters. The number of carbonyl (C=O) groups excluding carboxylic acids is 2. The van der Waals surface area contributed by atoms with Crippen molar-refractivity contribution >= 4 is 17.7 Å². The molecule has 1 aliphatic carbocycles. The molecule has 0 saturated carbocycles. The predicted octanol–water partition coefficient (Wildman–Crippen LogP) is 5.04. The van der Waals surface area contributed by atoms with Crippen molar-refractivity contribution in [3.05, 3.63) is 83.9 Å². The van der Waals surface area contributed by atoms with E-state index in [0.717, 1.165) is 5.69 Å². The van der Waals surface area contributed by atoms with Gasteiger partial charge in [-0.15, -0.1) is 0 Å².